The van der Waals surface area contributed by atoms with Crippen LogP contribution in [0.4, 0.5) is 5.82 Å². The summed E-state index contributed by atoms with van der Waals surface area (Å²) < 4.78 is 2.15. The lowest BCUT2D eigenvalue weighted by Crippen LogP contribution is -1.97. The average molecular weight is 241 g/mol. The van der Waals surface area contributed by atoms with E-state index in [-0.39, 0.29) is 0 Å². The molecule has 3 rings (SSSR count). The van der Waals surface area contributed by atoms with Crippen molar-refractivity contribution in [2.75, 3.05) is 5.73 Å². The van der Waals surface area contributed by atoms with Gasteiger partial charge in [0.1, 0.15) is 11.5 Å². The molecule has 2 heterocycles. The molecule has 3 N–H and O–H groups in total. The lowest BCUT2D eigenvalue weighted by Gasteiger charge is -2.03. The van der Waals surface area contributed by atoms with Gasteiger partial charge in [-0.3, -0.25) is 5.10 Å². The second-order valence-electron chi connectivity index (χ2n) is 4.38. The molecule has 0 saturated heterocycles. The van der Waals surface area contributed by atoms with Gasteiger partial charge in [-0.15, -0.1) is 0 Å². The summed E-state index contributed by atoms with van der Waals surface area (Å²) in [6, 6.07) is 8.09. The van der Waals surface area contributed by atoms with Crippen LogP contribution >= 0.6 is 0 Å². The smallest absolute Gasteiger partial charge is 0.159 e. The van der Waals surface area contributed by atoms with E-state index in [0.29, 0.717) is 5.82 Å². The number of anilines is 1. The molecule has 0 amide bonds. The number of nitrogen functional groups attached to an aromatic ring is 1. The fourth-order valence-corrected chi connectivity index (χ4v) is 2.22. The summed E-state index contributed by atoms with van der Waals surface area (Å²) in [5.41, 5.74) is 9.83. The molecule has 0 saturated carbocycles. The van der Waals surface area contributed by atoms with Gasteiger partial charge in [0.25, 0.3) is 0 Å². The summed E-state index contributed by atoms with van der Waals surface area (Å²) in [5, 5.41) is 6.87. The summed E-state index contributed by atoms with van der Waals surface area (Å²) >= 11 is 0. The van der Waals surface area contributed by atoms with Gasteiger partial charge < -0.3 is 10.3 Å². The van der Waals surface area contributed by atoms with Crippen LogP contribution in [0.3, 0.4) is 0 Å². The number of H-pyrrole nitrogens is 1. The van der Waals surface area contributed by atoms with Crippen molar-refractivity contribution in [3.05, 3.63) is 29.8 Å². The molecule has 0 unspecified atom stereocenters. The third-order valence-corrected chi connectivity index (χ3v) is 3.06. The van der Waals surface area contributed by atoms with Gasteiger partial charge in [0.15, 0.2) is 5.82 Å². The summed E-state index contributed by atoms with van der Waals surface area (Å²) in [6.07, 6.45) is 0. The number of imidazole rings is 1. The van der Waals surface area contributed by atoms with E-state index in [2.05, 4.69) is 51.8 Å². The zero-order valence-electron chi connectivity index (χ0n) is 10.4. The van der Waals surface area contributed by atoms with Crippen LogP contribution in [-0.4, -0.2) is 19.7 Å². The normalized spacial score (nSPS) is 11.2. The highest BCUT2D eigenvalue weighted by atomic mass is 15.2. The lowest BCUT2D eigenvalue weighted by molar-refractivity contribution is 0.792. The second kappa shape index (κ2) is 3.87. The zero-order valence-corrected chi connectivity index (χ0v) is 10.4. The number of benzene rings is 1. The number of rotatable bonds is 2. The molecule has 0 spiro atoms. The number of hydrogen-bond acceptors (Lipinski definition) is 3. The van der Waals surface area contributed by atoms with Crippen molar-refractivity contribution in [3.63, 3.8) is 0 Å². The minimum Gasteiger partial charge on any atom is -0.382 e. The first-order valence-electron chi connectivity index (χ1n) is 5.97. The fraction of sp³-hybridized carbons (Fsp3) is 0.231. The number of aromatic amines is 1. The van der Waals surface area contributed by atoms with Crippen LogP contribution in [-0.2, 0) is 6.54 Å². The number of aromatic nitrogens is 4. The van der Waals surface area contributed by atoms with Crippen LogP contribution < -0.4 is 5.73 Å². The first-order valence-corrected chi connectivity index (χ1v) is 5.97. The number of hydrogen-bond donors (Lipinski definition) is 2. The molecule has 0 aliphatic heterocycles. The van der Waals surface area contributed by atoms with E-state index in [9.17, 15) is 0 Å². The Morgan fingerprint density at radius 3 is 2.83 bits per heavy atom. The predicted molar refractivity (Wildman–Crippen MR) is 72.1 cm³/mol. The van der Waals surface area contributed by atoms with E-state index in [1.165, 1.54) is 5.56 Å². The first-order chi connectivity index (χ1) is 8.69. The highest BCUT2D eigenvalue weighted by Crippen LogP contribution is 2.24. The Labute approximate surface area is 105 Å². The summed E-state index contributed by atoms with van der Waals surface area (Å²) in [6.45, 7) is 5.02. The standard InChI is InChI=1S/C13H15N5/c1-3-18-11-5-4-8(2)6-9(11)15-13(18)10-7-12(14)17-16-10/h4-7H,3H2,1-2H3,(H3,14,16,17). The van der Waals surface area contributed by atoms with Crippen molar-refractivity contribution < 1.29 is 0 Å². The molecule has 0 bridgehead atoms. The van der Waals surface area contributed by atoms with Crippen molar-refractivity contribution in [2.45, 2.75) is 20.4 Å². The minimum absolute atomic E-state index is 0.482. The summed E-state index contributed by atoms with van der Waals surface area (Å²) in [5.74, 6) is 1.36. The van der Waals surface area contributed by atoms with E-state index in [4.69, 9.17) is 5.73 Å². The number of nitrogens with one attached hydrogen (secondary N) is 1. The highest BCUT2D eigenvalue weighted by Gasteiger charge is 2.13. The van der Waals surface area contributed by atoms with Crippen molar-refractivity contribution >= 4 is 16.9 Å². The van der Waals surface area contributed by atoms with E-state index in [1.54, 1.807) is 6.07 Å². The maximum absolute atomic E-state index is 5.65. The fourth-order valence-electron chi connectivity index (χ4n) is 2.22. The minimum atomic E-state index is 0.482. The summed E-state index contributed by atoms with van der Waals surface area (Å²) in [7, 11) is 0. The maximum Gasteiger partial charge on any atom is 0.159 e. The largest absolute Gasteiger partial charge is 0.382 e. The Hall–Kier alpha value is -2.30. The number of fused-ring (bicyclic) bond motifs is 1. The molecule has 0 aliphatic carbocycles. The van der Waals surface area contributed by atoms with Crippen molar-refractivity contribution in [3.8, 4) is 11.5 Å². The molecule has 18 heavy (non-hydrogen) atoms. The number of nitrogens with zero attached hydrogens (tertiary/aromatic N) is 3. The average Bonchev–Trinajstić information content (AvgIpc) is 2.91. The Balaban J connectivity index is 2.28. The van der Waals surface area contributed by atoms with Crippen molar-refractivity contribution in [1.29, 1.82) is 0 Å². The van der Waals surface area contributed by atoms with E-state index in [1.807, 2.05) is 0 Å². The third-order valence-electron chi connectivity index (χ3n) is 3.06. The molecule has 1 aromatic carbocycles. The number of nitrogens with two attached hydrogens (primary N) is 1. The zero-order chi connectivity index (χ0) is 12.7. The predicted octanol–water partition coefficient (Wildman–Crippen LogP) is 2.34. The monoisotopic (exact) mass is 241 g/mol. The number of aryl methyl sites for hydroxylation is 2. The Kier molecular flexibility index (Phi) is 2.33. The van der Waals surface area contributed by atoms with Crippen LogP contribution in [0, 0.1) is 6.92 Å². The van der Waals surface area contributed by atoms with Crippen molar-refractivity contribution in [2.24, 2.45) is 0 Å². The van der Waals surface area contributed by atoms with Crippen LogP contribution in [0.15, 0.2) is 24.3 Å². The van der Waals surface area contributed by atoms with Gasteiger partial charge in [-0.2, -0.15) is 5.10 Å². The van der Waals surface area contributed by atoms with Gasteiger partial charge in [0, 0.05) is 12.6 Å². The molecule has 0 atom stereocenters. The van der Waals surface area contributed by atoms with Gasteiger partial charge in [-0.1, -0.05) is 6.07 Å². The molecule has 5 nitrogen and oxygen atoms in total. The first kappa shape index (κ1) is 10.8. The molecule has 2 aromatic heterocycles. The molecular formula is C13H15N5. The van der Waals surface area contributed by atoms with Gasteiger partial charge in [0.2, 0.25) is 0 Å². The van der Waals surface area contributed by atoms with Gasteiger partial charge >= 0.3 is 0 Å². The Morgan fingerprint density at radius 2 is 2.17 bits per heavy atom. The van der Waals surface area contributed by atoms with Crippen LogP contribution in [0.25, 0.3) is 22.6 Å². The molecule has 0 aliphatic rings. The maximum atomic E-state index is 5.65. The van der Waals surface area contributed by atoms with E-state index in [0.717, 1.165) is 29.1 Å². The molecule has 0 fully saturated rings. The molecule has 92 valence electrons. The van der Waals surface area contributed by atoms with Crippen molar-refractivity contribution in [1.82, 2.24) is 19.7 Å². The molecule has 3 aromatic rings. The third kappa shape index (κ3) is 1.55. The van der Waals surface area contributed by atoms with Gasteiger partial charge in [-0.25, -0.2) is 4.98 Å². The second-order valence-corrected chi connectivity index (χ2v) is 4.38. The molecule has 0 radical (unpaired) electrons. The summed E-state index contributed by atoms with van der Waals surface area (Å²) in [4.78, 5) is 4.66. The Morgan fingerprint density at radius 1 is 1.33 bits per heavy atom. The van der Waals surface area contributed by atoms with Gasteiger partial charge in [-0.05, 0) is 31.5 Å². The quantitative estimate of drug-likeness (QED) is 0.723. The van der Waals surface area contributed by atoms with Crippen LogP contribution in [0.5, 0.6) is 0 Å². The SMILES string of the molecule is CCn1c(-c2cc(N)n[nH]2)nc2cc(C)ccc21. The van der Waals surface area contributed by atoms with Gasteiger partial charge in [0.05, 0.1) is 11.0 Å². The van der Waals surface area contributed by atoms with E-state index >= 15 is 0 Å². The lowest BCUT2D eigenvalue weighted by atomic mass is 10.2. The topological polar surface area (TPSA) is 72.5 Å². The van der Waals surface area contributed by atoms with Crippen LogP contribution in [0.1, 0.15) is 12.5 Å². The van der Waals surface area contributed by atoms with E-state index < -0.39 is 0 Å². The molecular weight excluding hydrogens is 226 g/mol. The highest BCUT2D eigenvalue weighted by molar-refractivity contribution is 5.81. The Bertz CT molecular complexity index is 707. The van der Waals surface area contributed by atoms with Crippen LogP contribution in [0.2, 0.25) is 0 Å². The molecule has 5 heteroatoms.